The maximum Gasteiger partial charge on any atom is 0.0810 e. The van der Waals surface area contributed by atoms with Gasteiger partial charge in [-0.3, -0.25) is 0 Å². The first-order valence-corrected chi connectivity index (χ1v) is 2.42. The van der Waals surface area contributed by atoms with E-state index in [4.69, 9.17) is 9.47 Å². The highest BCUT2D eigenvalue weighted by molar-refractivity contribution is 4.60. The van der Waals surface area contributed by atoms with Crippen molar-refractivity contribution in [2.45, 2.75) is 6.10 Å². The van der Waals surface area contributed by atoms with Crippen molar-refractivity contribution in [3.8, 4) is 0 Å². The Hall–Kier alpha value is -0.0800. The zero-order chi connectivity index (χ0) is 5.11. The maximum absolute atomic E-state index is 5.04. The van der Waals surface area contributed by atoms with Gasteiger partial charge in [-0.2, -0.15) is 0 Å². The van der Waals surface area contributed by atoms with E-state index in [0.29, 0.717) is 13.2 Å². The Morgan fingerprint density at radius 2 is 2.29 bits per heavy atom. The molecule has 0 saturated carbocycles. The lowest BCUT2D eigenvalue weighted by Crippen LogP contribution is -2.25. The van der Waals surface area contributed by atoms with Crippen LogP contribution in [0.15, 0.2) is 0 Å². The lowest BCUT2D eigenvalue weighted by molar-refractivity contribution is -0.0688. The zero-order valence-corrected chi connectivity index (χ0v) is 4.22. The highest BCUT2D eigenvalue weighted by Crippen LogP contribution is 1.96. The normalized spacial score (nSPS) is 33.0. The highest BCUT2D eigenvalue weighted by atomic mass is 16.6. The Kier molecular flexibility index (Phi) is 1.65. The van der Waals surface area contributed by atoms with Gasteiger partial charge in [0.2, 0.25) is 0 Å². The summed E-state index contributed by atoms with van der Waals surface area (Å²) in [7, 11) is 0. The van der Waals surface area contributed by atoms with Gasteiger partial charge in [-0.05, 0) is 6.92 Å². The molecule has 41 valence electrons. The molecule has 1 heterocycles. The number of ether oxygens (including phenoxy) is 2. The van der Waals surface area contributed by atoms with Gasteiger partial charge in [-0.25, -0.2) is 0 Å². The summed E-state index contributed by atoms with van der Waals surface area (Å²) in [5.74, 6) is 0. The molecule has 1 atom stereocenters. The van der Waals surface area contributed by atoms with Crippen molar-refractivity contribution in [3.05, 3.63) is 6.92 Å². The highest BCUT2D eigenvalue weighted by Gasteiger charge is 2.06. The van der Waals surface area contributed by atoms with Crippen molar-refractivity contribution >= 4 is 0 Å². The second kappa shape index (κ2) is 2.28. The van der Waals surface area contributed by atoms with Gasteiger partial charge in [-0.1, -0.05) is 0 Å². The molecule has 1 unspecified atom stereocenters. The Morgan fingerprint density at radius 3 is 2.57 bits per heavy atom. The maximum atomic E-state index is 5.04. The van der Waals surface area contributed by atoms with Crippen molar-refractivity contribution in [2.24, 2.45) is 0 Å². The molecule has 1 fully saturated rings. The summed E-state index contributed by atoms with van der Waals surface area (Å²) in [4.78, 5) is 0. The van der Waals surface area contributed by atoms with Crippen LogP contribution in [0.4, 0.5) is 0 Å². The van der Waals surface area contributed by atoms with Crippen LogP contribution in [0, 0.1) is 6.92 Å². The summed E-state index contributed by atoms with van der Waals surface area (Å²) in [6.45, 7) is 5.73. The van der Waals surface area contributed by atoms with Crippen molar-refractivity contribution in [1.82, 2.24) is 0 Å². The fraction of sp³-hybridized carbons (Fsp3) is 0.800. The van der Waals surface area contributed by atoms with E-state index in [1.807, 2.05) is 0 Å². The Labute approximate surface area is 43.4 Å². The molecule has 1 radical (unpaired) electrons. The standard InChI is InChI=1S/C5H9O2/c1-5-4-6-2-3-7-5/h5H,1-4H2. The average molecular weight is 101 g/mol. The molecule has 0 aromatic carbocycles. The molecular formula is C5H9O2. The molecule has 1 saturated heterocycles. The van der Waals surface area contributed by atoms with Crippen molar-refractivity contribution in [3.63, 3.8) is 0 Å². The van der Waals surface area contributed by atoms with Crippen molar-refractivity contribution in [2.75, 3.05) is 19.8 Å². The summed E-state index contributed by atoms with van der Waals surface area (Å²) in [6, 6.07) is 0. The lowest BCUT2D eigenvalue weighted by atomic mass is 10.4. The van der Waals surface area contributed by atoms with Crippen LogP contribution in [0.25, 0.3) is 0 Å². The summed E-state index contributed by atoms with van der Waals surface area (Å²) >= 11 is 0. The van der Waals surface area contributed by atoms with E-state index in [-0.39, 0.29) is 6.10 Å². The predicted molar refractivity (Wildman–Crippen MR) is 25.9 cm³/mol. The topological polar surface area (TPSA) is 18.5 Å². The average Bonchev–Trinajstić information content (AvgIpc) is 1.69. The van der Waals surface area contributed by atoms with Gasteiger partial charge in [0.25, 0.3) is 0 Å². The van der Waals surface area contributed by atoms with E-state index >= 15 is 0 Å². The van der Waals surface area contributed by atoms with Crippen LogP contribution < -0.4 is 0 Å². The van der Waals surface area contributed by atoms with Crippen LogP contribution in [-0.2, 0) is 9.47 Å². The fourth-order valence-corrected chi connectivity index (χ4v) is 0.537. The lowest BCUT2D eigenvalue weighted by Gasteiger charge is -2.18. The molecule has 0 bridgehead atoms. The van der Waals surface area contributed by atoms with E-state index in [1.54, 1.807) is 0 Å². The van der Waals surface area contributed by atoms with Crippen LogP contribution in [0.3, 0.4) is 0 Å². The minimum absolute atomic E-state index is 0.0637. The van der Waals surface area contributed by atoms with E-state index in [1.165, 1.54) is 0 Å². The molecule has 2 nitrogen and oxygen atoms in total. The van der Waals surface area contributed by atoms with Gasteiger partial charge < -0.3 is 9.47 Å². The van der Waals surface area contributed by atoms with Gasteiger partial charge in [0.05, 0.1) is 25.9 Å². The Bertz CT molecular complexity index is 48.0. The van der Waals surface area contributed by atoms with E-state index in [0.717, 1.165) is 6.61 Å². The van der Waals surface area contributed by atoms with Gasteiger partial charge in [0.1, 0.15) is 0 Å². The first-order valence-electron chi connectivity index (χ1n) is 2.42. The summed E-state index contributed by atoms with van der Waals surface area (Å²) in [5, 5.41) is 0. The van der Waals surface area contributed by atoms with E-state index < -0.39 is 0 Å². The zero-order valence-electron chi connectivity index (χ0n) is 4.22. The van der Waals surface area contributed by atoms with Gasteiger partial charge >= 0.3 is 0 Å². The molecule has 0 aromatic rings. The molecular weight excluding hydrogens is 92.1 g/mol. The first kappa shape index (κ1) is 5.06. The molecule has 0 aromatic heterocycles. The molecule has 1 aliphatic rings. The van der Waals surface area contributed by atoms with E-state index in [2.05, 4.69) is 6.92 Å². The SMILES string of the molecule is [CH2]C1COCCO1. The Balaban J connectivity index is 2.12. The molecule has 7 heavy (non-hydrogen) atoms. The van der Waals surface area contributed by atoms with Gasteiger partial charge in [0, 0.05) is 0 Å². The molecule has 0 N–H and O–H groups in total. The molecule has 2 heteroatoms. The quantitative estimate of drug-likeness (QED) is 0.435. The second-order valence-corrected chi connectivity index (χ2v) is 1.57. The van der Waals surface area contributed by atoms with Crippen LogP contribution in [0.5, 0.6) is 0 Å². The third-order valence-electron chi connectivity index (χ3n) is 0.885. The number of hydrogen-bond acceptors (Lipinski definition) is 2. The second-order valence-electron chi connectivity index (χ2n) is 1.57. The number of hydrogen-bond donors (Lipinski definition) is 0. The van der Waals surface area contributed by atoms with Gasteiger partial charge in [0.15, 0.2) is 0 Å². The predicted octanol–water partition coefficient (Wildman–Crippen LogP) is 0.236. The molecule has 0 amide bonds. The minimum Gasteiger partial charge on any atom is -0.376 e. The Morgan fingerprint density at radius 1 is 1.43 bits per heavy atom. The minimum atomic E-state index is 0.0637. The smallest absolute Gasteiger partial charge is 0.0810 e. The summed E-state index contributed by atoms with van der Waals surface area (Å²) < 4.78 is 10.0. The summed E-state index contributed by atoms with van der Waals surface area (Å²) in [6.07, 6.45) is 0.0637. The molecule has 1 rings (SSSR count). The third kappa shape index (κ3) is 1.45. The molecule has 0 spiro atoms. The van der Waals surface area contributed by atoms with Gasteiger partial charge in [-0.15, -0.1) is 0 Å². The monoisotopic (exact) mass is 101 g/mol. The number of rotatable bonds is 0. The molecule has 0 aliphatic carbocycles. The van der Waals surface area contributed by atoms with Crippen molar-refractivity contribution in [1.29, 1.82) is 0 Å². The van der Waals surface area contributed by atoms with Crippen LogP contribution in [0.2, 0.25) is 0 Å². The third-order valence-corrected chi connectivity index (χ3v) is 0.885. The first-order chi connectivity index (χ1) is 3.39. The van der Waals surface area contributed by atoms with Crippen molar-refractivity contribution < 1.29 is 9.47 Å². The van der Waals surface area contributed by atoms with Crippen LogP contribution >= 0.6 is 0 Å². The summed E-state index contributed by atoms with van der Waals surface area (Å²) in [5.41, 5.74) is 0. The van der Waals surface area contributed by atoms with Crippen LogP contribution in [0.1, 0.15) is 0 Å². The van der Waals surface area contributed by atoms with E-state index in [9.17, 15) is 0 Å². The molecule has 1 aliphatic heterocycles. The fourth-order valence-electron chi connectivity index (χ4n) is 0.537. The van der Waals surface area contributed by atoms with Crippen LogP contribution in [-0.4, -0.2) is 25.9 Å². The largest absolute Gasteiger partial charge is 0.376 e.